The van der Waals surface area contributed by atoms with Gasteiger partial charge in [0.05, 0.1) is 0 Å². The molecule has 0 aliphatic carbocycles. The third kappa shape index (κ3) is 3.46. The number of nitrogens with one attached hydrogen (secondary N) is 1. The van der Waals surface area contributed by atoms with Gasteiger partial charge >= 0.3 is 0 Å². The van der Waals surface area contributed by atoms with Crippen molar-refractivity contribution in [2.45, 2.75) is 25.7 Å². The van der Waals surface area contributed by atoms with Crippen LogP contribution in [0.5, 0.6) is 0 Å². The second kappa shape index (κ2) is 6.21. The lowest BCUT2D eigenvalue weighted by molar-refractivity contribution is -0.127. The lowest BCUT2D eigenvalue weighted by Crippen LogP contribution is -2.43. The van der Waals surface area contributed by atoms with Crippen molar-refractivity contribution in [3.8, 4) is 0 Å². The molecule has 0 atom stereocenters. The van der Waals surface area contributed by atoms with Crippen molar-refractivity contribution in [1.82, 2.24) is 15.1 Å². The van der Waals surface area contributed by atoms with Crippen molar-refractivity contribution in [3.05, 3.63) is 0 Å². The fraction of sp³-hybridized carbons (Fsp3) is 0.917. The maximum absolute atomic E-state index is 11.4. The summed E-state index contributed by atoms with van der Waals surface area (Å²) < 4.78 is 0. The average Bonchev–Trinajstić information content (AvgIpc) is 2.72. The standard InChI is InChI=1S/C12H23N3O/c16-12-4-3-9-15(12)8-2-1-7-14-10-5-13-6-11-14/h13H,1-11H2. The molecule has 0 saturated carbocycles. The van der Waals surface area contributed by atoms with Crippen molar-refractivity contribution < 1.29 is 4.79 Å². The Kier molecular flexibility index (Phi) is 4.60. The number of piperazine rings is 1. The van der Waals surface area contributed by atoms with Gasteiger partial charge in [0.1, 0.15) is 0 Å². The summed E-state index contributed by atoms with van der Waals surface area (Å²) >= 11 is 0. The molecule has 2 aliphatic heterocycles. The number of amides is 1. The summed E-state index contributed by atoms with van der Waals surface area (Å²) in [5, 5.41) is 3.36. The Morgan fingerprint density at radius 3 is 2.50 bits per heavy atom. The highest BCUT2D eigenvalue weighted by atomic mass is 16.2. The molecule has 0 unspecified atom stereocenters. The van der Waals surface area contributed by atoms with Gasteiger partial charge in [0.2, 0.25) is 5.91 Å². The Bertz CT molecular complexity index is 226. The molecule has 0 aromatic heterocycles. The maximum atomic E-state index is 11.4. The van der Waals surface area contributed by atoms with Crippen LogP contribution in [0.25, 0.3) is 0 Å². The second-order valence-corrected chi connectivity index (χ2v) is 4.78. The summed E-state index contributed by atoms with van der Waals surface area (Å²) in [4.78, 5) is 15.9. The number of hydrogen-bond acceptors (Lipinski definition) is 3. The van der Waals surface area contributed by atoms with E-state index in [1.165, 1.54) is 26.1 Å². The first kappa shape index (κ1) is 11.9. The zero-order valence-electron chi connectivity index (χ0n) is 10.1. The molecule has 0 radical (unpaired) electrons. The Morgan fingerprint density at radius 1 is 1.06 bits per heavy atom. The molecule has 0 spiro atoms. The third-order valence-electron chi connectivity index (χ3n) is 3.53. The molecule has 4 nitrogen and oxygen atoms in total. The molecule has 0 aromatic carbocycles. The molecule has 1 amide bonds. The van der Waals surface area contributed by atoms with E-state index >= 15 is 0 Å². The highest BCUT2D eigenvalue weighted by Gasteiger charge is 2.19. The van der Waals surface area contributed by atoms with Gasteiger partial charge in [-0.1, -0.05) is 0 Å². The maximum Gasteiger partial charge on any atom is 0.222 e. The van der Waals surface area contributed by atoms with Crippen molar-refractivity contribution in [1.29, 1.82) is 0 Å². The number of unbranched alkanes of at least 4 members (excludes halogenated alkanes) is 1. The van der Waals surface area contributed by atoms with Crippen LogP contribution in [0.2, 0.25) is 0 Å². The van der Waals surface area contributed by atoms with E-state index < -0.39 is 0 Å². The summed E-state index contributed by atoms with van der Waals surface area (Å²) in [6.07, 6.45) is 4.23. The minimum Gasteiger partial charge on any atom is -0.343 e. The van der Waals surface area contributed by atoms with Crippen molar-refractivity contribution in [2.24, 2.45) is 0 Å². The molecule has 0 bridgehead atoms. The van der Waals surface area contributed by atoms with Gasteiger partial charge < -0.3 is 15.1 Å². The van der Waals surface area contributed by atoms with E-state index in [-0.39, 0.29) is 0 Å². The van der Waals surface area contributed by atoms with Gasteiger partial charge in [-0.15, -0.1) is 0 Å². The summed E-state index contributed by atoms with van der Waals surface area (Å²) in [7, 11) is 0. The van der Waals surface area contributed by atoms with Gasteiger partial charge in [0.25, 0.3) is 0 Å². The first-order chi connectivity index (χ1) is 7.86. The van der Waals surface area contributed by atoms with Crippen LogP contribution in [0.3, 0.4) is 0 Å². The van der Waals surface area contributed by atoms with Gasteiger partial charge in [-0.25, -0.2) is 0 Å². The number of carbonyl (C=O) groups excluding carboxylic acids is 1. The van der Waals surface area contributed by atoms with E-state index in [2.05, 4.69) is 10.2 Å². The molecule has 2 heterocycles. The van der Waals surface area contributed by atoms with Gasteiger partial charge in [-0.05, 0) is 25.8 Å². The second-order valence-electron chi connectivity index (χ2n) is 4.78. The molecule has 16 heavy (non-hydrogen) atoms. The molecule has 2 fully saturated rings. The molecular formula is C12H23N3O. The number of hydrogen-bond donors (Lipinski definition) is 1. The molecule has 2 aliphatic rings. The van der Waals surface area contributed by atoms with Crippen LogP contribution in [0.15, 0.2) is 0 Å². The Morgan fingerprint density at radius 2 is 1.81 bits per heavy atom. The molecular weight excluding hydrogens is 202 g/mol. The van der Waals surface area contributed by atoms with E-state index in [0.29, 0.717) is 5.91 Å². The van der Waals surface area contributed by atoms with Crippen LogP contribution in [0, 0.1) is 0 Å². The largest absolute Gasteiger partial charge is 0.343 e. The SMILES string of the molecule is O=C1CCCN1CCCCN1CCNCC1. The molecule has 2 saturated heterocycles. The van der Waals surface area contributed by atoms with Crippen LogP contribution >= 0.6 is 0 Å². The van der Waals surface area contributed by atoms with Crippen LogP contribution in [-0.4, -0.2) is 61.5 Å². The highest BCUT2D eigenvalue weighted by Crippen LogP contribution is 2.10. The molecule has 0 aromatic rings. The summed E-state index contributed by atoms with van der Waals surface area (Å²) in [5.74, 6) is 0.363. The zero-order chi connectivity index (χ0) is 11.2. The normalized spacial score (nSPS) is 23.0. The van der Waals surface area contributed by atoms with E-state index in [0.717, 1.165) is 45.4 Å². The first-order valence-electron chi connectivity index (χ1n) is 6.57. The average molecular weight is 225 g/mol. The predicted molar refractivity (Wildman–Crippen MR) is 64.4 cm³/mol. The van der Waals surface area contributed by atoms with Gasteiger partial charge in [0.15, 0.2) is 0 Å². The minimum absolute atomic E-state index is 0.363. The number of carbonyl (C=O) groups is 1. The summed E-state index contributed by atoms with van der Waals surface area (Å²) in [6.45, 7) is 7.79. The molecule has 1 N–H and O–H groups in total. The van der Waals surface area contributed by atoms with Crippen molar-refractivity contribution in [2.75, 3.05) is 45.8 Å². The fourth-order valence-electron chi connectivity index (χ4n) is 2.51. The third-order valence-corrected chi connectivity index (χ3v) is 3.53. The van der Waals surface area contributed by atoms with Crippen LogP contribution < -0.4 is 5.32 Å². The molecule has 4 heteroatoms. The van der Waals surface area contributed by atoms with Crippen LogP contribution in [0.4, 0.5) is 0 Å². The fourth-order valence-corrected chi connectivity index (χ4v) is 2.51. The smallest absolute Gasteiger partial charge is 0.222 e. The Balaban J connectivity index is 1.52. The summed E-state index contributed by atoms with van der Waals surface area (Å²) in [5.41, 5.74) is 0. The molecule has 2 rings (SSSR count). The first-order valence-corrected chi connectivity index (χ1v) is 6.57. The zero-order valence-corrected chi connectivity index (χ0v) is 10.1. The Labute approximate surface area is 98.0 Å². The monoisotopic (exact) mass is 225 g/mol. The lowest BCUT2D eigenvalue weighted by atomic mass is 10.2. The quantitative estimate of drug-likeness (QED) is 0.683. The van der Waals surface area contributed by atoms with Crippen LogP contribution in [0.1, 0.15) is 25.7 Å². The van der Waals surface area contributed by atoms with Crippen molar-refractivity contribution in [3.63, 3.8) is 0 Å². The lowest BCUT2D eigenvalue weighted by Gasteiger charge is -2.27. The van der Waals surface area contributed by atoms with Crippen LogP contribution in [-0.2, 0) is 4.79 Å². The number of likely N-dealkylation sites (tertiary alicyclic amines) is 1. The number of rotatable bonds is 5. The van der Waals surface area contributed by atoms with Gasteiger partial charge in [-0.2, -0.15) is 0 Å². The summed E-state index contributed by atoms with van der Waals surface area (Å²) in [6, 6.07) is 0. The van der Waals surface area contributed by atoms with Gasteiger partial charge in [-0.3, -0.25) is 4.79 Å². The highest BCUT2D eigenvalue weighted by molar-refractivity contribution is 5.77. The Hall–Kier alpha value is -0.610. The van der Waals surface area contributed by atoms with Gasteiger partial charge in [0, 0.05) is 45.7 Å². The van der Waals surface area contributed by atoms with E-state index in [1.807, 2.05) is 4.90 Å². The predicted octanol–water partition coefficient (Wildman–Crippen LogP) is 0.294. The van der Waals surface area contributed by atoms with Crippen molar-refractivity contribution >= 4 is 5.91 Å². The minimum atomic E-state index is 0.363. The van der Waals surface area contributed by atoms with E-state index in [4.69, 9.17) is 0 Å². The molecule has 92 valence electrons. The topological polar surface area (TPSA) is 35.6 Å². The van der Waals surface area contributed by atoms with E-state index in [9.17, 15) is 4.79 Å². The number of nitrogens with zero attached hydrogens (tertiary/aromatic N) is 2. The van der Waals surface area contributed by atoms with E-state index in [1.54, 1.807) is 0 Å².